The van der Waals surface area contributed by atoms with E-state index in [-0.39, 0.29) is 0 Å². The molecule has 2 nitrogen and oxygen atoms in total. The summed E-state index contributed by atoms with van der Waals surface area (Å²) in [6.07, 6.45) is 1.93. The van der Waals surface area contributed by atoms with Crippen molar-refractivity contribution in [3.63, 3.8) is 0 Å². The van der Waals surface area contributed by atoms with E-state index < -0.39 is 0 Å². The lowest BCUT2D eigenvalue weighted by atomic mass is 9.97. The summed E-state index contributed by atoms with van der Waals surface area (Å²) in [7, 11) is 0. The summed E-state index contributed by atoms with van der Waals surface area (Å²) in [6.45, 7) is 6.61. The first kappa shape index (κ1) is 23.3. The van der Waals surface area contributed by atoms with E-state index >= 15 is 0 Å². The van der Waals surface area contributed by atoms with E-state index in [2.05, 4.69) is 118 Å². The molecule has 2 heterocycles. The Bertz CT molecular complexity index is 2270. The lowest BCUT2D eigenvalue weighted by Crippen LogP contribution is -1.92. The van der Waals surface area contributed by atoms with Crippen molar-refractivity contribution in [2.75, 3.05) is 0 Å². The van der Waals surface area contributed by atoms with Gasteiger partial charge in [-0.3, -0.25) is 4.98 Å². The molecule has 2 aromatic heterocycles. The van der Waals surface area contributed by atoms with Crippen LogP contribution in [0.1, 0.15) is 16.7 Å². The molecule has 0 unspecified atom stereocenters. The minimum absolute atomic E-state index is 0.890. The zero-order valence-electron chi connectivity index (χ0n) is 22.6. The Morgan fingerprint density at radius 1 is 0.525 bits per heavy atom. The van der Waals surface area contributed by atoms with Gasteiger partial charge >= 0.3 is 0 Å². The zero-order valence-corrected chi connectivity index (χ0v) is 23.4. The third-order valence-corrected chi connectivity index (χ3v) is 9.43. The lowest BCUT2D eigenvalue weighted by molar-refractivity contribution is 1.31. The Hall–Kier alpha value is -4.60. The maximum Gasteiger partial charge on any atom is 0.0979 e. The maximum atomic E-state index is 5.23. The molecule has 0 fully saturated rings. The Balaban J connectivity index is 1.35. The largest absolute Gasteiger partial charge is 0.252 e. The number of thiophene rings is 1. The van der Waals surface area contributed by atoms with E-state index in [0.717, 1.165) is 33.1 Å². The number of nitrogens with zero attached hydrogens (tertiary/aromatic N) is 2. The third kappa shape index (κ3) is 3.48. The molecule has 0 bridgehead atoms. The normalized spacial score (nSPS) is 11.9. The van der Waals surface area contributed by atoms with Crippen molar-refractivity contribution in [3.8, 4) is 22.4 Å². The molecule has 8 rings (SSSR count). The minimum atomic E-state index is 0.890. The van der Waals surface area contributed by atoms with Crippen LogP contribution in [-0.2, 0) is 0 Å². The fraction of sp³-hybridized carbons (Fsp3) is 0.0811. The molecule has 0 spiro atoms. The monoisotopic (exact) mass is 530 g/mol. The van der Waals surface area contributed by atoms with E-state index in [9.17, 15) is 0 Å². The van der Waals surface area contributed by atoms with Crippen molar-refractivity contribution >= 4 is 64.1 Å². The van der Waals surface area contributed by atoms with Crippen LogP contribution in [0.2, 0.25) is 0 Å². The first-order chi connectivity index (χ1) is 19.5. The van der Waals surface area contributed by atoms with Gasteiger partial charge in [-0.25, -0.2) is 4.98 Å². The number of rotatable bonds is 2. The fourth-order valence-electron chi connectivity index (χ4n) is 6.30. The highest BCUT2D eigenvalue weighted by molar-refractivity contribution is 7.26. The second-order valence-corrected chi connectivity index (χ2v) is 11.9. The molecule has 3 heteroatoms. The van der Waals surface area contributed by atoms with Crippen LogP contribution < -0.4 is 0 Å². The first-order valence-corrected chi connectivity index (χ1v) is 14.5. The summed E-state index contributed by atoms with van der Waals surface area (Å²) in [4.78, 5) is 10.2. The summed E-state index contributed by atoms with van der Waals surface area (Å²) < 4.78 is 2.72. The van der Waals surface area contributed by atoms with Gasteiger partial charge in [-0.1, -0.05) is 78.4 Å². The van der Waals surface area contributed by atoms with Gasteiger partial charge in [0.1, 0.15) is 0 Å². The molecule has 0 amide bonds. The summed E-state index contributed by atoms with van der Waals surface area (Å²) >= 11 is 1.91. The van der Waals surface area contributed by atoms with Gasteiger partial charge in [0.25, 0.3) is 0 Å². The molecule has 0 N–H and O–H groups in total. The van der Waals surface area contributed by atoms with Crippen LogP contribution >= 0.6 is 11.3 Å². The Morgan fingerprint density at radius 2 is 1.15 bits per heavy atom. The molecule has 190 valence electrons. The smallest absolute Gasteiger partial charge is 0.0979 e. The lowest BCUT2D eigenvalue weighted by Gasteiger charge is -2.11. The van der Waals surface area contributed by atoms with Gasteiger partial charge < -0.3 is 0 Å². The second-order valence-electron chi connectivity index (χ2n) is 10.9. The van der Waals surface area contributed by atoms with Gasteiger partial charge in [0.15, 0.2) is 0 Å². The van der Waals surface area contributed by atoms with E-state index in [1.165, 1.54) is 58.8 Å². The van der Waals surface area contributed by atoms with Crippen LogP contribution in [0, 0.1) is 20.8 Å². The van der Waals surface area contributed by atoms with E-state index in [1.807, 2.05) is 17.5 Å². The number of hydrogen-bond donors (Lipinski definition) is 0. The van der Waals surface area contributed by atoms with Crippen LogP contribution in [0.5, 0.6) is 0 Å². The molecule has 0 aliphatic heterocycles. The molecular formula is C37H26N2S. The van der Waals surface area contributed by atoms with Crippen LogP contribution in [0.25, 0.3) is 75.1 Å². The van der Waals surface area contributed by atoms with Crippen molar-refractivity contribution < 1.29 is 0 Å². The summed E-state index contributed by atoms with van der Waals surface area (Å²) in [5, 5.41) is 7.41. The highest BCUT2D eigenvalue weighted by Gasteiger charge is 2.15. The highest BCUT2D eigenvalue weighted by atomic mass is 32.1. The zero-order chi connectivity index (χ0) is 27.0. The van der Waals surface area contributed by atoms with Crippen molar-refractivity contribution in [2.45, 2.75) is 20.8 Å². The van der Waals surface area contributed by atoms with Crippen molar-refractivity contribution in [1.29, 1.82) is 0 Å². The minimum Gasteiger partial charge on any atom is -0.252 e. The van der Waals surface area contributed by atoms with Gasteiger partial charge in [0, 0.05) is 36.5 Å². The van der Waals surface area contributed by atoms with E-state index in [4.69, 9.17) is 9.97 Å². The van der Waals surface area contributed by atoms with Crippen LogP contribution in [0.4, 0.5) is 0 Å². The molecule has 0 aliphatic rings. The van der Waals surface area contributed by atoms with Crippen molar-refractivity contribution in [3.05, 3.63) is 120 Å². The first-order valence-electron chi connectivity index (χ1n) is 13.7. The number of aromatic nitrogens is 2. The molecular weight excluding hydrogens is 504 g/mol. The predicted molar refractivity (Wildman–Crippen MR) is 173 cm³/mol. The average molecular weight is 531 g/mol. The molecule has 0 aliphatic carbocycles. The topological polar surface area (TPSA) is 25.8 Å². The Kier molecular flexibility index (Phi) is 5.07. The third-order valence-electron chi connectivity index (χ3n) is 8.04. The Morgan fingerprint density at radius 3 is 1.90 bits per heavy atom. The molecule has 0 atom stereocenters. The van der Waals surface area contributed by atoms with Crippen molar-refractivity contribution in [1.82, 2.24) is 9.97 Å². The summed E-state index contributed by atoms with van der Waals surface area (Å²) in [6, 6.07) is 35.1. The molecule has 0 radical (unpaired) electrons. The summed E-state index contributed by atoms with van der Waals surface area (Å²) in [5.74, 6) is 0. The summed E-state index contributed by atoms with van der Waals surface area (Å²) in [5.41, 5.74) is 10.3. The molecule has 8 aromatic rings. The Labute approximate surface area is 236 Å². The number of fused-ring (bicyclic) bond motifs is 9. The SMILES string of the molecule is Cc1cc(C)c2sc3c(-c4cccc(-c5cnc6c7ccccc7c7ccccc7c6n5)c4)cc(C)cc3c2c1. The van der Waals surface area contributed by atoms with Gasteiger partial charge in [-0.2, -0.15) is 0 Å². The van der Waals surface area contributed by atoms with E-state index in [1.54, 1.807) is 0 Å². The van der Waals surface area contributed by atoms with Gasteiger partial charge in [0.2, 0.25) is 0 Å². The molecule has 40 heavy (non-hydrogen) atoms. The standard InChI is InChI=1S/C37H26N2S/c1-21-15-23(3)36-31(17-21)32-18-22(2)16-30(37(32)40-36)24-9-8-10-25(19-24)33-20-38-34-28-13-6-4-11-26(28)27-12-5-7-14-29(27)35(34)39-33/h4-20H,1-3H3. The average Bonchev–Trinajstić information content (AvgIpc) is 3.35. The molecule has 0 saturated carbocycles. The van der Waals surface area contributed by atoms with Crippen LogP contribution in [-0.4, -0.2) is 9.97 Å². The second kappa shape index (κ2) is 8.70. The van der Waals surface area contributed by atoms with Gasteiger partial charge in [-0.15, -0.1) is 11.3 Å². The predicted octanol–water partition coefficient (Wildman–Crippen LogP) is 10.6. The van der Waals surface area contributed by atoms with Gasteiger partial charge in [-0.05, 0) is 78.1 Å². The van der Waals surface area contributed by atoms with Gasteiger partial charge in [0.05, 0.1) is 22.9 Å². The number of benzene rings is 6. The van der Waals surface area contributed by atoms with Crippen molar-refractivity contribution in [2.24, 2.45) is 0 Å². The molecule has 0 saturated heterocycles. The van der Waals surface area contributed by atoms with Crippen LogP contribution in [0.15, 0.2) is 103 Å². The fourth-order valence-corrected chi connectivity index (χ4v) is 7.57. The quantitative estimate of drug-likeness (QED) is 0.208. The number of hydrogen-bond acceptors (Lipinski definition) is 3. The number of aryl methyl sites for hydroxylation is 3. The highest BCUT2D eigenvalue weighted by Crippen LogP contribution is 2.43. The molecule has 6 aromatic carbocycles. The maximum absolute atomic E-state index is 5.23. The van der Waals surface area contributed by atoms with E-state index in [0.29, 0.717) is 0 Å². The van der Waals surface area contributed by atoms with Crippen LogP contribution in [0.3, 0.4) is 0 Å².